The zero-order valence-electron chi connectivity index (χ0n) is 16.4. The van der Waals surface area contributed by atoms with Gasteiger partial charge in [-0.05, 0) is 24.3 Å². The van der Waals surface area contributed by atoms with Gasteiger partial charge < -0.3 is 30.0 Å². The molecule has 0 amide bonds. The van der Waals surface area contributed by atoms with Crippen molar-refractivity contribution in [2.45, 2.75) is 12.8 Å². The minimum Gasteiger partial charge on any atom is -0.496 e. The molecule has 2 aromatic rings. The maximum Gasteiger partial charge on any atom is 0.573 e. The lowest BCUT2D eigenvalue weighted by molar-refractivity contribution is -0.274. The third kappa shape index (κ3) is 9.29. The number of anilines is 1. The van der Waals surface area contributed by atoms with Crippen molar-refractivity contribution in [1.82, 2.24) is 0 Å². The molecule has 0 saturated heterocycles. The second-order valence-electron chi connectivity index (χ2n) is 5.71. The summed E-state index contributed by atoms with van der Waals surface area (Å²) in [6.45, 7) is 0.797. The van der Waals surface area contributed by atoms with Gasteiger partial charge >= 0.3 is 6.36 Å². The van der Waals surface area contributed by atoms with Crippen molar-refractivity contribution in [1.29, 1.82) is 0 Å². The predicted octanol–water partition coefficient (Wildman–Crippen LogP) is 4.42. The Balaban J connectivity index is 0.00000450. The van der Waals surface area contributed by atoms with E-state index in [-0.39, 0.29) is 35.7 Å². The number of halogens is 4. The van der Waals surface area contributed by atoms with Crippen molar-refractivity contribution >= 4 is 35.6 Å². The zero-order chi connectivity index (χ0) is 21.3. The largest absolute Gasteiger partial charge is 0.573 e. The molecule has 7 nitrogen and oxygen atoms in total. The lowest BCUT2D eigenvalue weighted by atomic mass is 10.3. The summed E-state index contributed by atoms with van der Waals surface area (Å²) in [5, 5.41) is 2.79. The SMILES string of the molecule is COc1cc(OC)cc(OCCCN=C(N)Nc2ccc(OC(F)(F)F)cc2)c1.I. The van der Waals surface area contributed by atoms with Crippen LogP contribution in [0.1, 0.15) is 6.42 Å². The number of alkyl halides is 3. The van der Waals surface area contributed by atoms with Gasteiger partial charge in [-0.1, -0.05) is 0 Å². The second kappa shape index (κ2) is 12.2. The maximum absolute atomic E-state index is 12.1. The summed E-state index contributed by atoms with van der Waals surface area (Å²) in [6.07, 6.45) is -4.13. The fourth-order valence-electron chi connectivity index (χ4n) is 2.25. The molecule has 0 spiro atoms. The Morgan fingerprint density at radius 3 is 2.07 bits per heavy atom. The molecule has 0 aliphatic rings. The van der Waals surface area contributed by atoms with Crippen LogP contribution in [0.15, 0.2) is 47.5 Å². The molecule has 0 heterocycles. The van der Waals surface area contributed by atoms with Crippen LogP contribution < -0.4 is 30.0 Å². The third-order valence-electron chi connectivity index (χ3n) is 3.54. The Morgan fingerprint density at radius 1 is 0.967 bits per heavy atom. The summed E-state index contributed by atoms with van der Waals surface area (Å²) in [5.41, 5.74) is 6.25. The van der Waals surface area contributed by atoms with E-state index in [1.807, 2.05) is 0 Å². The lowest BCUT2D eigenvalue weighted by Gasteiger charge is -2.10. The smallest absolute Gasteiger partial charge is 0.496 e. The van der Waals surface area contributed by atoms with Gasteiger partial charge in [-0.2, -0.15) is 0 Å². The summed E-state index contributed by atoms with van der Waals surface area (Å²) in [4.78, 5) is 4.14. The van der Waals surface area contributed by atoms with E-state index >= 15 is 0 Å². The summed E-state index contributed by atoms with van der Waals surface area (Å²) in [6, 6.07) is 10.4. The Bertz CT molecular complexity index is 795. The van der Waals surface area contributed by atoms with Gasteiger partial charge in [-0.25, -0.2) is 0 Å². The first kappa shape index (κ1) is 25.5. The monoisotopic (exact) mass is 541 g/mol. The van der Waals surface area contributed by atoms with Gasteiger partial charge in [-0.15, -0.1) is 37.1 Å². The summed E-state index contributed by atoms with van der Waals surface area (Å²) in [7, 11) is 3.11. The zero-order valence-corrected chi connectivity index (χ0v) is 18.7. The van der Waals surface area contributed by atoms with Crippen molar-refractivity contribution in [2.24, 2.45) is 10.7 Å². The molecule has 30 heavy (non-hydrogen) atoms. The Hall–Kier alpha value is -2.57. The van der Waals surface area contributed by atoms with Gasteiger partial charge in [0.2, 0.25) is 0 Å². The van der Waals surface area contributed by atoms with E-state index < -0.39 is 6.36 Å². The van der Waals surface area contributed by atoms with E-state index in [9.17, 15) is 13.2 Å². The number of nitrogens with zero attached hydrogens (tertiary/aromatic N) is 1. The number of nitrogens with one attached hydrogen (secondary N) is 1. The molecule has 0 atom stereocenters. The number of ether oxygens (including phenoxy) is 4. The minimum atomic E-state index is -4.73. The number of benzene rings is 2. The van der Waals surface area contributed by atoms with E-state index in [0.29, 0.717) is 42.5 Å². The van der Waals surface area contributed by atoms with Crippen LogP contribution in [0.4, 0.5) is 18.9 Å². The number of rotatable bonds is 9. The van der Waals surface area contributed by atoms with Crippen LogP contribution in [-0.4, -0.2) is 39.7 Å². The fraction of sp³-hybridized carbons (Fsp3) is 0.316. The predicted molar refractivity (Wildman–Crippen MR) is 118 cm³/mol. The molecule has 0 radical (unpaired) electrons. The molecule has 0 aromatic heterocycles. The van der Waals surface area contributed by atoms with E-state index in [1.165, 1.54) is 24.3 Å². The second-order valence-corrected chi connectivity index (χ2v) is 5.71. The van der Waals surface area contributed by atoms with Crippen molar-refractivity contribution < 1.29 is 32.1 Å². The van der Waals surface area contributed by atoms with E-state index in [0.717, 1.165) is 0 Å². The van der Waals surface area contributed by atoms with Crippen molar-refractivity contribution in [2.75, 3.05) is 32.7 Å². The normalized spacial score (nSPS) is 11.3. The van der Waals surface area contributed by atoms with Gasteiger partial charge in [0.25, 0.3) is 0 Å². The van der Waals surface area contributed by atoms with Crippen LogP contribution in [0.3, 0.4) is 0 Å². The molecule has 0 aliphatic carbocycles. The van der Waals surface area contributed by atoms with Gasteiger partial charge in [-0.3, -0.25) is 4.99 Å². The number of guanidine groups is 1. The molecule has 0 aliphatic heterocycles. The summed E-state index contributed by atoms with van der Waals surface area (Å²) >= 11 is 0. The highest BCUT2D eigenvalue weighted by molar-refractivity contribution is 14.0. The van der Waals surface area contributed by atoms with Crippen LogP contribution in [0.2, 0.25) is 0 Å². The highest BCUT2D eigenvalue weighted by Crippen LogP contribution is 2.27. The molecule has 166 valence electrons. The number of nitrogens with two attached hydrogens (primary N) is 1. The van der Waals surface area contributed by atoms with Crippen molar-refractivity contribution in [3.05, 3.63) is 42.5 Å². The third-order valence-corrected chi connectivity index (χ3v) is 3.54. The van der Waals surface area contributed by atoms with Crippen molar-refractivity contribution in [3.8, 4) is 23.0 Å². The molecule has 0 unspecified atom stereocenters. The Morgan fingerprint density at radius 2 is 1.53 bits per heavy atom. The summed E-state index contributed by atoms with van der Waals surface area (Å²) < 4.78 is 56.2. The summed E-state index contributed by atoms with van der Waals surface area (Å²) in [5.74, 6) is 1.68. The molecular formula is C19H23F3IN3O4. The van der Waals surface area contributed by atoms with Gasteiger partial charge in [0.1, 0.15) is 23.0 Å². The number of hydrogen-bond donors (Lipinski definition) is 2. The Kier molecular flexibility index (Phi) is 10.4. The maximum atomic E-state index is 12.1. The van der Waals surface area contributed by atoms with Gasteiger partial charge in [0.15, 0.2) is 5.96 Å². The minimum absolute atomic E-state index is 0. The highest BCUT2D eigenvalue weighted by atomic mass is 127. The van der Waals surface area contributed by atoms with E-state index in [1.54, 1.807) is 32.4 Å². The van der Waals surface area contributed by atoms with Crippen LogP contribution in [0, 0.1) is 0 Å². The molecule has 2 rings (SSSR count). The molecular weight excluding hydrogens is 518 g/mol. The topological polar surface area (TPSA) is 87.3 Å². The van der Waals surface area contributed by atoms with Gasteiger partial charge in [0, 0.05) is 36.9 Å². The molecule has 2 aromatic carbocycles. The van der Waals surface area contributed by atoms with E-state index in [4.69, 9.17) is 19.9 Å². The average Bonchev–Trinajstić information content (AvgIpc) is 2.67. The van der Waals surface area contributed by atoms with Crippen LogP contribution >= 0.6 is 24.0 Å². The van der Waals surface area contributed by atoms with E-state index in [2.05, 4.69) is 15.0 Å². The molecule has 0 fully saturated rings. The number of hydrogen-bond acceptors (Lipinski definition) is 5. The van der Waals surface area contributed by atoms with Crippen LogP contribution in [0.5, 0.6) is 23.0 Å². The number of aliphatic imine (C=N–C) groups is 1. The van der Waals surface area contributed by atoms with Crippen molar-refractivity contribution in [3.63, 3.8) is 0 Å². The standard InChI is InChI=1S/C19H22F3N3O4.HI/c1-26-15-10-16(27-2)12-17(11-15)28-9-3-8-24-18(23)25-13-4-6-14(7-5-13)29-19(20,21)22;/h4-7,10-12H,3,8-9H2,1-2H3,(H3,23,24,25);1H. The van der Waals surface area contributed by atoms with Gasteiger partial charge in [0.05, 0.1) is 20.8 Å². The van der Waals surface area contributed by atoms with Crippen LogP contribution in [0.25, 0.3) is 0 Å². The first-order chi connectivity index (χ1) is 13.8. The number of methoxy groups -OCH3 is 2. The highest BCUT2D eigenvalue weighted by Gasteiger charge is 2.30. The molecule has 0 saturated carbocycles. The lowest BCUT2D eigenvalue weighted by Crippen LogP contribution is -2.23. The average molecular weight is 541 g/mol. The fourth-order valence-corrected chi connectivity index (χ4v) is 2.25. The first-order valence-corrected chi connectivity index (χ1v) is 8.57. The first-order valence-electron chi connectivity index (χ1n) is 8.57. The molecule has 3 N–H and O–H groups in total. The Labute approximate surface area is 189 Å². The van der Waals surface area contributed by atoms with Crippen LogP contribution in [-0.2, 0) is 0 Å². The molecule has 11 heteroatoms. The molecule has 0 bridgehead atoms. The quantitative estimate of drug-likeness (QED) is 0.212.